The minimum Gasteiger partial charge on any atom is -0.380 e. The molecule has 2 N–H and O–H groups in total. The van der Waals surface area contributed by atoms with Gasteiger partial charge in [-0.3, -0.25) is 4.68 Å². The van der Waals surface area contributed by atoms with Gasteiger partial charge in [0.05, 0.1) is 22.3 Å². The standard InChI is InChI=1S/C19H17ClN6/c1-26-19-15(11-24-26)18(22-12-23-19)25-14-7-8-17(16(20)9-14)21-10-13-5-3-2-4-6-13/h2-9,11-12,21H,10H2,1H3,(H,22,23,25). The molecule has 0 aliphatic carbocycles. The Bertz CT molecular complexity index is 1040. The molecule has 0 saturated heterocycles. The van der Waals surface area contributed by atoms with E-state index in [4.69, 9.17) is 11.6 Å². The number of nitrogens with one attached hydrogen (secondary N) is 2. The predicted octanol–water partition coefficient (Wildman–Crippen LogP) is 4.37. The topological polar surface area (TPSA) is 67.7 Å². The fourth-order valence-electron chi connectivity index (χ4n) is 2.73. The zero-order chi connectivity index (χ0) is 17.9. The molecular weight excluding hydrogens is 348 g/mol. The number of rotatable bonds is 5. The summed E-state index contributed by atoms with van der Waals surface area (Å²) >= 11 is 6.43. The normalized spacial score (nSPS) is 10.8. The van der Waals surface area contributed by atoms with Crippen LogP contribution in [0.5, 0.6) is 0 Å². The van der Waals surface area contributed by atoms with E-state index >= 15 is 0 Å². The van der Waals surface area contributed by atoms with Gasteiger partial charge >= 0.3 is 0 Å². The van der Waals surface area contributed by atoms with Crippen molar-refractivity contribution in [3.05, 3.63) is 71.6 Å². The van der Waals surface area contributed by atoms with Crippen LogP contribution in [0.25, 0.3) is 11.0 Å². The summed E-state index contributed by atoms with van der Waals surface area (Å²) in [5, 5.41) is 12.4. The second kappa shape index (κ2) is 7.01. The van der Waals surface area contributed by atoms with Crippen LogP contribution in [0.15, 0.2) is 61.1 Å². The lowest BCUT2D eigenvalue weighted by atomic mass is 10.2. The Balaban J connectivity index is 1.52. The van der Waals surface area contributed by atoms with Crippen molar-refractivity contribution in [2.75, 3.05) is 10.6 Å². The summed E-state index contributed by atoms with van der Waals surface area (Å²) in [4.78, 5) is 8.55. The Kier molecular flexibility index (Phi) is 4.41. The van der Waals surface area contributed by atoms with Crippen molar-refractivity contribution >= 4 is 39.8 Å². The van der Waals surface area contributed by atoms with Gasteiger partial charge in [-0.15, -0.1) is 0 Å². The predicted molar refractivity (Wildman–Crippen MR) is 105 cm³/mol. The van der Waals surface area contributed by atoms with Crippen molar-refractivity contribution < 1.29 is 0 Å². The van der Waals surface area contributed by atoms with Gasteiger partial charge in [-0.1, -0.05) is 41.9 Å². The van der Waals surface area contributed by atoms with Gasteiger partial charge in [-0.2, -0.15) is 5.10 Å². The number of nitrogens with zero attached hydrogens (tertiary/aromatic N) is 4. The Morgan fingerprint density at radius 2 is 1.92 bits per heavy atom. The third-order valence-electron chi connectivity index (χ3n) is 4.09. The largest absolute Gasteiger partial charge is 0.380 e. The van der Waals surface area contributed by atoms with Crippen molar-refractivity contribution in [3.8, 4) is 0 Å². The average Bonchev–Trinajstić information content (AvgIpc) is 3.04. The molecule has 0 amide bonds. The highest BCUT2D eigenvalue weighted by molar-refractivity contribution is 6.33. The monoisotopic (exact) mass is 364 g/mol. The molecule has 0 saturated carbocycles. The van der Waals surface area contributed by atoms with Gasteiger partial charge in [0.2, 0.25) is 0 Å². The zero-order valence-electron chi connectivity index (χ0n) is 14.1. The second-order valence-electron chi connectivity index (χ2n) is 5.89. The summed E-state index contributed by atoms with van der Waals surface area (Å²) in [6.45, 7) is 0.718. The number of aryl methyl sites for hydroxylation is 1. The summed E-state index contributed by atoms with van der Waals surface area (Å²) in [5.74, 6) is 0.698. The van der Waals surface area contributed by atoms with Gasteiger partial charge in [0.25, 0.3) is 0 Å². The molecule has 0 unspecified atom stereocenters. The molecule has 7 heteroatoms. The lowest BCUT2D eigenvalue weighted by Crippen LogP contribution is -2.01. The molecule has 6 nitrogen and oxygen atoms in total. The van der Waals surface area contributed by atoms with Gasteiger partial charge in [0.1, 0.15) is 12.1 Å². The van der Waals surface area contributed by atoms with Crippen LogP contribution in [0.3, 0.4) is 0 Å². The van der Waals surface area contributed by atoms with E-state index in [1.807, 2.05) is 43.4 Å². The molecule has 4 aromatic rings. The molecule has 2 aromatic heterocycles. The molecule has 0 spiro atoms. The zero-order valence-corrected chi connectivity index (χ0v) is 14.9. The lowest BCUT2D eigenvalue weighted by molar-refractivity contribution is 0.785. The van der Waals surface area contributed by atoms with E-state index < -0.39 is 0 Å². The molecule has 0 bridgehead atoms. The number of anilines is 3. The Morgan fingerprint density at radius 1 is 1.08 bits per heavy atom. The summed E-state index contributed by atoms with van der Waals surface area (Å²) < 4.78 is 1.71. The lowest BCUT2D eigenvalue weighted by Gasteiger charge is -2.11. The fourth-order valence-corrected chi connectivity index (χ4v) is 2.98. The molecule has 4 rings (SSSR count). The van der Waals surface area contributed by atoms with Crippen LogP contribution >= 0.6 is 11.6 Å². The number of hydrogen-bond acceptors (Lipinski definition) is 5. The summed E-state index contributed by atoms with van der Waals surface area (Å²) in [5.41, 5.74) is 3.71. The first-order chi connectivity index (χ1) is 12.7. The molecular formula is C19H17ClN6. The summed E-state index contributed by atoms with van der Waals surface area (Å²) in [6.07, 6.45) is 3.26. The van der Waals surface area contributed by atoms with E-state index in [1.165, 1.54) is 11.9 Å². The highest BCUT2D eigenvalue weighted by Crippen LogP contribution is 2.29. The Labute approximate surface area is 155 Å². The third kappa shape index (κ3) is 3.32. The molecule has 0 aliphatic heterocycles. The van der Waals surface area contributed by atoms with Gasteiger partial charge in [0, 0.05) is 19.3 Å². The molecule has 2 heterocycles. The van der Waals surface area contributed by atoms with Gasteiger partial charge in [-0.25, -0.2) is 9.97 Å². The van der Waals surface area contributed by atoms with Gasteiger partial charge < -0.3 is 10.6 Å². The minimum atomic E-state index is 0.641. The van der Waals surface area contributed by atoms with E-state index in [2.05, 4.69) is 37.8 Å². The minimum absolute atomic E-state index is 0.641. The SMILES string of the molecule is Cn1ncc2c(Nc3ccc(NCc4ccccc4)c(Cl)c3)ncnc21. The number of hydrogen-bond donors (Lipinski definition) is 2. The maximum absolute atomic E-state index is 6.43. The Morgan fingerprint density at radius 3 is 2.73 bits per heavy atom. The maximum atomic E-state index is 6.43. The molecule has 0 fully saturated rings. The number of benzene rings is 2. The number of fused-ring (bicyclic) bond motifs is 1. The summed E-state index contributed by atoms with van der Waals surface area (Å²) in [7, 11) is 1.85. The maximum Gasteiger partial charge on any atom is 0.163 e. The van der Waals surface area contributed by atoms with Crippen LogP contribution in [-0.4, -0.2) is 19.7 Å². The number of halogens is 1. The smallest absolute Gasteiger partial charge is 0.163 e. The Hall–Kier alpha value is -3.12. The molecule has 130 valence electrons. The van der Waals surface area contributed by atoms with Gasteiger partial charge in [0.15, 0.2) is 5.65 Å². The van der Waals surface area contributed by atoms with Crippen LogP contribution in [0, 0.1) is 0 Å². The average molecular weight is 365 g/mol. The van der Waals surface area contributed by atoms with Crippen molar-refractivity contribution in [1.82, 2.24) is 19.7 Å². The van der Waals surface area contributed by atoms with Crippen molar-refractivity contribution in [3.63, 3.8) is 0 Å². The van der Waals surface area contributed by atoms with Crippen LogP contribution in [0.4, 0.5) is 17.2 Å². The molecule has 26 heavy (non-hydrogen) atoms. The van der Waals surface area contributed by atoms with Crippen LogP contribution in [0.2, 0.25) is 5.02 Å². The molecule has 0 radical (unpaired) electrons. The third-order valence-corrected chi connectivity index (χ3v) is 4.40. The molecule has 2 aromatic carbocycles. The van der Waals surface area contributed by atoms with Gasteiger partial charge in [-0.05, 0) is 23.8 Å². The van der Waals surface area contributed by atoms with Crippen LogP contribution in [-0.2, 0) is 13.6 Å². The van der Waals surface area contributed by atoms with Crippen molar-refractivity contribution in [2.45, 2.75) is 6.54 Å². The van der Waals surface area contributed by atoms with Crippen LogP contribution in [0.1, 0.15) is 5.56 Å². The quantitative estimate of drug-likeness (QED) is 0.550. The molecule has 0 atom stereocenters. The van der Waals surface area contributed by atoms with E-state index in [0.717, 1.165) is 29.0 Å². The van der Waals surface area contributed by atoms with E-state index in [9.17, 15) is 0 Å². The van der Waals surface area contributed by atoms with Crippen LogP contribution < -0.4 is 10.6 Å². The van der Waals surface area contributed by atoms with Crippen molar-refractivity contribution in [1.29, 1.82) is 0 Å². The van der Waals surface area contributed by atoms with E-state index in [0.29, 0.717) is 10.8 Å². The first-order valence-corrected chi connectivity index (χ1v) is 8.55. The summed E-state index contributed by atoms with van der Waals surface area (Å²) in [6, 6.07) is 16.0. The van der Waals surface area contributed by atoms with E-state index in [1.54, 1.807) is 10.9 Å². The second-order valence-corrected chi connectivity index (χ2v) is 6.29. The fraction of sp³-hybridized carbons (Fsp3) is 0.105. The number of aromatic nitrogens is 4. The highest BCUT2D eigenvalue weighted by atomic mass is 35.5. The molecule has 0 aliphatic rings. The van der Waals surface area contributed by atoms with Crippen molar-refractivity contribution in [2.24, 2.45) is 7.05 Å². The first-order valence-electron chi connectivity index (χ1n) is 8.18. The first kappa shape index (κ1) is 16.4. The van der Waals surface area contributed by atoms with E-state index in [-0.39, 0.29) is 0 Å². The highest BCUT2D eigenvalue weighted by Gasteiger charge is 2.09.